The molecule has 0 amide bonds. The summed E-state index contributed by atoms with van der Waals surface area (Å²) >= 11 is 0. The summed E-state index contributed by atoms with van der Waals surface area (Å²) in [6, 6.07) is 0. The molecule has 0 rings (SSSR count). The molecule has 0 fully saturated rings. The molecule has 0 spiro atoms. The molecule has 5 heteroatoms. The summed E-state index contributed by atoms with van der Waals surface area (Å²) in [5.74, 6) is -0.373. The van der Waals surface area contributed by atoms with Gasteiger partial charge in [0.2, 0.25) is 0 Å². The largest absolute Gasteiger partial charge is 0.462 e. The van der Waals surface area contributed by atoms with Crippen molar-refractivity contribution in [3.8, 4) is 0 Å². The fraction of sp³-hybridized carbons (Fsp3) is 0.929. The molecule has 33 heavy (non-hydrogen) atoms. The van der Waals surface area contributed by atoms with Crippen molar-refractivity contribution in [2.45, 2.75) is 148 Å². The monoisotopic (exact) mass is 469 g/mol. The van der Waals surface area contributed by atoms with Crippen LogP contribution in [-0.2, 0) is 19.1 Å². The van der Waals surface area contributed by atoms with E-state index in [0.29, 0.717) is 19.4 Å². The molecule has 0 aliphatic rings. The highest BCUT2D eigenvalue weighted by atomic mass is 16.6. The third-order valence-corrected chi connectivity index (χ3v) is 6.13. The summed E-state index contributed by atoms with van der Waals surface area (Å²) in [6.07, 6.45) is 22.5. The highest BCUT2D eigenvalue weighted by Crippen LogP contribution is 2.12. The van der Waals surface area contributed by atoms with E-state index in [2.05, 4.69) is 19.2 Å². The molecular weight excluding hydrogens is 414 g/mol. The minimum Gasteiger partial charge on any atom is -0.462 e. The Hall–Kier alpha value is -1.10. The summed E-state index contributed by atoms with van der Waals surface area (Å²) in [4.78, 5) is 24.2. The number of esters is 2. The molecule has 0 aliphatic heterocycles. The van der Waals surface area contributed by atoms with Crippen molar-refractivity contribution in [2.75, 3.05) is 20.2 Å². The van der Waals surface area contributed by atoms with E-state index in [1.807, 2.05) is 7.05 Å². The Labute approximate surface area is 205 Å². The van der Waals surface area contributed by atoms with Crippen molar-refractivity contribution in [3.05, 3.63) is 0 Å². The van der Waals surface area contributed by atoms with Gasteiger partial charge in [0.05, 0.1) is 0 Å². The molecule has 5 nitrogen and oxygen atoms in total. The van der Waals surface area contributed by atoms with Gasteiger partial charge in [-0.15, -0.1) is 0 Å². The molecule has 1 atom stereocenters. The molecule has 196 valence electrons. The molecule has 0 aromatic rings. The van der Waals surface area contributed by atoms with Crippen LogP contribution in [0.1, 0.15) is 142 Å². The maximum atomic E-state index is 12.1. The van der Waals surface area contributed by atoms with Crippen molar-refractivity contribution in [3.63, 3.8) is 0 Å². The number of ether oxygens (including phenoxy) is 2. The maximum Gasteiger partial charge on any atom is 0.306 e. The number of likely N-dealkylation sites (N-methyl/N-ethyl adjacent to an activating group) is 1. The van der Waals surface area contributed by atoms with Crippen molar-refractivity contribution < 1.29 is 19.1 Å². The van der Waals surface area contributed by atoms with Gasteiger partial charge >= 0.3 is 11.9 Å². The van der Waals surface area contributed by atoms with Crippen LogP contribution >= 0.6 is 0 Å². The summed E-state index contributed by atoms with van der Waals surface area (Å²) in [5, 5.41) is 3.02. The SMILES string of the molecule is CCCCCCCCCCCC(=O)OCC(CNC)OC(=O)CCCCCCCCCCC. The third kappa shape index (κ3) is 23.8. The van der Waals surface area contributed by atoms with E-state index >= 15 is 0 Å². The minimum absolute atomic E-state index is 0.139. The lowest BCUT2D eigenvalue weighted by Crippen LogP contribution is -2.33. The third-order valence-electron chi connectivity index (χ3n) is 6.13. The Bertz CT molecular complexity index is 442. The van der Waals surface area contributed by atoms with Crippen molar-refractivity contribution >= 4 is 11.9 Å². The van der Waals surface area contributed by atoms with Crippen molar-refractivity contribution in [1.29, 1.82) is 0 Å². The molecule has 0 aromatic heterocycles. The van der Waals surface area contributed by atoms with Gasteiger partial charge in [0.1, 0.15) is 12.7 Å². The molecule has 0 aliphatic carbocycles. The first kappa shape index (κ1) is 31.9. The molecule has 1 N–H and O–H groups in total. The Balaban J connectivity index is 3.74. The molecule has 0 saturated heterocycles. The summed E-state index contributed by atoms with van der Waals surface area (Å²) in [7, 11) is 1.81. The maximum absolute atomic E-state index is 12.1. The van der Waals surface area contributed by atoms with Gasteiger partial charge in [0, 0.05) is 19.4 Å². The minimum atomic E-state index is -0.409. The zero-order valence-corrected chi connectivity index (χ0v) is 22.3. The number of carbonyl (C=O) groups is 2. The highest BCUT2D eigenvalue weighted by molar-refractivity contribution is 5.70. The molecule has 0 heterocycles. The average molecular weight is 470 g/mol. The lowest BCUT2D eigenvalue weighted by Gasteiger charge is -2.17. The summed E-state index contributed by atoms with van der Waals surface area (Å²) in [5.41, 5.74) is 0. The quantitative estimate of drug-likeness (QED) is 0.111. The van der Waals surface area contributed by atoms with E-state index in [4.69, 9.17) is 9.47 Å². The van der Waals surface area contributed by atoms with Crippen LogP contribution in [0.3, 0.4) is 0 Å². The second-order valence-electron chi connectivity index (χ2n) is 9.51. The van der Waals surface area contributed by atoms with Gasteiger partial charge in [0.15, 0.2) is 0 Å². The highest BCUT2D eigenvalue weighted by Gasteiger charge is 2.16. The van der Waals surface area contributed by atoms with Crippen LogP contribution in [0.5, 0.6) is 0 Å². The number of rotatable bonds is 25. The van der Waals surface area contributed by atoms with E-state index in [-0.39, 0.29) is 18.5 Å². The van der Waals surface area contributed by atoms with Crippen LogP contribution in [-0.4, -0.2) is 38.2 Å². The molecule has 0 saturated carbocycles. The number of unbranched alkanes of at least 4 members (excludes halogenated alkanes) is 16. The predicted octanol–water partition coefficient (Wildman–Crippen LogP) is 7.50. The van der Waals surface area contributed by atoms with Gasteiger partial charge < -0.3 is 14.8 Å². The van der Waals surface area contributed by atoms with Crippen molar-refractivity contribution in [1.82, 2.24) is 5.32 Å². The van der Waals surface area contributed by atoms with Gasteiger partial charge in [0.25, 0.3) is 0 Å². The van der Waals surface area contributed by atoms with Crippen LogP contribution in [0.25, 0.3) is 0 Å². The van der Waals surface area contributed by atoms with Gasteiger partial charge in [-0.2, -0.15) is 0 Å². The van der Waals surface area contributed by atoms with E-state index < -0.39 is 6.10 Å². The van der Waals surface area contributed by atoms with E-state index in [9.17, 15) is 9.59 Å². The van der Waals surface area contributed by atoms with Crippen LogP contribution in [0, 0.1) is 0 Å². The van der Waals surface area contributed by atoms with E-state index in [0.717, 1.165) is 25.7 Å². The standard InChI is InChI=1S/C28H55NO4/c1-4-6-8-10-12-14-16-18-20-22-27(30)32-25-26(24-29-3)33-28(31)23-21-19-17-15-13-11-9-7-5-2/h26,29H,4-25H2,1-3H3. The number of nitrogens with one attached hydrogen (secondary N) is 1. The zero-order chi connectivity index (χ0) is 24.4. The fourth-order valence-corrected chi connectivity index (χ4v) is 4.03. The zero-order valence-electron chi connectivity index (χ0n) is 22.3. The first-order valence-electron chi connectivity index (χ1n) is 14.1. The Morgan fingerprint density at radius 1 is 0.606 bits per heavy atom. The number of carbonyl (C=O) groups excluding carboxylic acids is 2. The first-order valence-corrected chi connectivity index (χ1v) is 14.1. The molecule has 0 radical (unpaired) electrons. The smallest absolute Gasteiger partial charge is 0.306 e. The topological polar surface area (TPSA) is 64.6 Å². The first-order chi connectivity index (χ1) is 16.1. The Morgan fingerprint density at radius 2 is 1.00 bits per heavy atom. The Kier molecular flexibility index (Phi) is 24.7. The number of hydrogen-bond donors (Lipinski definition) is 1. The number of hydrogen-bond acceptors (Lipinski definition) is 5. The van der Waals surface area contributed by atoms with Gasteiger partial charge in [-0.25, -0.2) is 0 Å². The molecule has 1 unspecified atom stereocenters. The van der Waals surface area contributed by atoms with Gasteiger partial charge in [-0.05, 0) is 19.9 Å². The fourth-order valence-electron chi connectivity index (χ4n) is 4.03. The van der Waals surface area contributed by atoms with Crippen LogP contribution in [0.2, 0.25) is 0 Å². The molecule has 0 bridgehead atoms. The lowest BCUT2D eigenvalue weighted by molar-refractivity contribution is -0.159. The van der Waals surface area contributed by atoms with Crippen LogP contribution < -0.4 is 5.32 Å². The van der Waals surface area contributed by atoms with Crippen LogP contribution in [0.15, 0.2) is 0 Å². The van der Waals surface area contributed by atoms with Crippen molar-refractivity contribution in [2.24, 2.45) is 0 Å². The van der Waals surface area contributed by atoms with E-state index in [1.165, 1.54) is 89.9 Å². The van der Waals surface area contributed by atoms with Gasteiger partial charge in [-0.1, -0.05) is 117 Å². The summed E-state index contributed by atoms with van der Waals surface area (Å²) < 4.78 is 10.9. The Morgan fingerprint density at radius 3 is 1.42 bits per heavy atom. The average Bonchev–Trinajstić information content (AvgIpc) is 2.80. The molecule has 0 aromatic carbocycles. The van der Waals surface area contributed by atoms with E-state index in [1.54, 1.807) is 0 Å². The second kappa shape index (κ2) is 25.5. The van der Waals surface area contributed by atoms with Gasteiger partial charge in [-0.3, -0.25) is 9.59 Å². The lowest BCUT2D eigenvalue weighted by atomic mass is 10.1. The second-order valence-corrected chi connectivity index (χ2v) is 9.51. The van der Waals surface area contributed by atoms with Crippen LogP contribution in [0.4, 0.5) is 0 Å². The normalized spacial score (nSPS) is 12.0. The summed E-state index contributed by atoms with van der Waals surface area (Å²) in [6.45, 7) is 5.11. The molecular formula is C28H55NO4. The predicted molar refractivity (Wildman–Crippen MR) is 138 cm³/mol.